The molecule has 1 unspecified atom stereocenters. The Hall–Kier alpha value is -2.39. The van der Waals surface area contributed by atoms with E-state index in [1.54, 1.807) is 0 Å². The van der Waals surface area contributed by atoms with Gasteiger partial charge >= 0.3 is 0 Å². The maximum absolute atomic E-state index is 12.7. The van der Waals surface area contributed by atoms with Crippen LogP contribution in [0.4, 0.5) is 5.69 Å². The van der Waals surface area contributed by atoms with Crippen molar-refractivity contribution in [2.75, 3.05) is 19.0 Å². The molecule has 0 aliphatic carbocycles. The first-order valence-electron chi connectivity index (χ1n) is 8.54. The Bertz CT molecular complexity index is 951. The lowest BCUT2D eigenvalue weighted by Crippen LogP contribution is -2.30. The number of amides is 1. The van der Waals surface area contributed by atoms with E-state index in [1.807, 2.05) is 32.4 Å². The number of hydrogen-bond acceptors (Lipinski definition) is 5. The van der Waals surface area contributed by atoms with E-state index < -0.39 is 10.0 Å². The van der Waals surface area contributed by atoms with Gasteiger partial charge in [0.05, 0.1) is 29.4 Å². The van der Waals surface area contributed by atoms with E-state index in [0.29, 0.717) is 11.4 Å². The minimum absolute atomic E-state index is 0.0452. The van der Waals surface area contributed by atoms with Gasteiger partial charge in [0.15, 0.2) is 0 Å². The van der Waals surface area contributed by atoms with Crippen LogP contribution in [0.3, 0.4) is 0 Å². The predicted octanol–water partition coefficient (Wildman–Crippen LogP) is 2.31. The molecule has 0 aliphatic heterocycles. The van der Waals surface area contributed by atoms with Crippen molar-refractivity contribution in [1.29, 1.82) is 0 Å². The average Bonchev–Trinajstić information content (AvgIpc) is 2.86. The largest absolute Gasteiger partial charge is 0.495 e. The number of aromatic nitrogens is 2. The van der Waals surface area contributed by atoms with Crippen molar-refractivity contribution >= 4 is 21.6 Å². The Morgan fingerprint density at radius 2 is 1.96 bits per heavy atom. The predicted molar refractivity (Wildman–Crippen MR) is 104 cm³/mol. The SMILES string of the molecule is COc1ccc(S(=O)(=O)NCC(C)n2nc(C)c(C)c2C)cc1NC(C)=O. The van der Waals surface area contributed by atoms with Gasteiger partial charge in [0.2, 0.25) is 15.9 Å². The number of ether oxygens (including phenoxy) is 1. The van der Waals surface area contributed by atoms with E-state index in [0.717, 1.165) is 17.0 Å². The summed E-state index contributed by atoms with van der Waals surface area (Å²) in [4.78, 5) is 11.4. The molecule has 1 amide bonds. The Balaban J connectivity index is 2.21. The molecule has 0 saturated carbocycles. The summed E-state index contributed by atoms with van der Waals surface area (Å²) in [6, 6.07) is 4.17. The van der Waals surface area contributed by atoms with Gasteiger partial charge in [-0.1, -0.05) is 0 Å². The van der Waals surface area contributed by atoms with Crippen molar-refractivity contribution in [2.24, 2.45) is 0 Å². The van der Waals surface area contributed by atoms with Crippen molar-refractivity contribution in [3.8, 4) is 5.75 Å². The molecule has 27 heavy (non-hydrogen) atoms. The molecule has 8 nitrogen and oxygen atoms in total. The Morgan fingerprint density at radius 3 is 2.48 bits per heavy atom. The van der Waals surface area contributed by atoms with Crippen molar-refractivity contribution in [1.82, 2.24) is 14.5 Å². The standard InChI is InChI=1S/C18H26N4O4S/c1-11(22-14(4)12(2)13(3)21-22)10-19-27(24,25)16-7-8-18(26-6)17(9-16)20-15(5)23/h7-9,11,19H,10H2,1-6H3,(H,20,23). The van der Waals surface area contributed by atoms with Crippen molar-refractivity contribution in [3.05, 3.63) is 35.2 Å². The number of anilines is 1. The molecule has 1 aromatic carbocycles. The number of carbonyl (C=O) groups is 1. The zero-order valence-electron chi connectivity index (χ0n) is 16.5. The second-order valence-electron chi connectivity index (χ2n) is 6.48. The van der Waals surface area contributed by atoms with Gasteiger partial charge in [-0.15, -0.1) is 0 Å². The number of hydrogen-bond donors (Lipinski definition) is 2. The number of methoxy groups -OCH3 is 1. The van der Waals surface area contributed by atoms with Gasteiger partial charge in [-0.2, -0.15) is 5.10 Å². The monoisotopic (exact) mass is 394 g/mol. The highest BCUT2D eigenvalue weighted by Crippen LogP contribution is 2.27. The lowest BCUT2D eigenvalue weighted by molar-refractivity contribution is -0.114. The van der Waals surface area contributed by atoms with E-state index in [-0.39, 0.29) is 23.4 Å². The van der Waals surface area contributed by atoms with Crippen LogP contribution in [0.25, 0.3) is 0 Å². The fraction of sp³-hybridized carbons (Fsp3) is 0.444. The Labute approximate surface area is 160 Å². The number of nitrogens with one attached hydrogen (secondary N) is 2. The highest BCUT2D eigenvalue weighted by atomic mass is 32.2. The average molecular weight is 394 g/mol. The molecule has 0 fully saturated rings. The van der Waals surface area contributed by atoms with E-state index >= 15 is 0 Å². The van der Waals surface area contributed by atoms with Crippen LogP contribution >= 0.6 is 0 Å². The van der Waals surface area contributed by atoms with Crippen molar-refractivity contribution < 1.29 is 17.9 Å². The van der Waals surface area contributed by atoms with Gasteiger partial charge in [0.1, 0.15) is 5.75 Å². The van der Waals surface area contributed by atoms with Crippen LogP contribution in [-0.2, 0) is 14.8 Å². The Kier molecular flexibility index (Phi) is 6.27. The molecule has 0 aliphatic rings. The van der Waals surface area contributed by atoms with Crippen LogP contribution in [0.2, 0.25) is 0 Å². The molecule has 2 rings (SSSR count). The van der Waals surface area contributed by atoms with E-state index in [2.05, 4.69) is 15.1 Å². The molecule has 2 aromatic rings. The first-order valence-corrected chi connectivity index (χ1v) is 10.0. The number of benzene rings is 1. The third-order valence-electron chi connectivity index (χ3n) is 4.47. The summed E-state index contributed by atoms with van der Waals surface area (Å²) >= 11 is 0. The van der Waals surface area contributed by atoms with Gasteiger partial charge in [-0.25, -0.2) is 13.1 Å². The van der Waals surface area contributed by atoms with E-state index in [1.165, 1.54) is 32.2 Å². The van der Waals surface area contributed by atoms with Crippen LogP contribution in [0.5, 0.6) is 5.75 Å². The van der Waals surface area contributed by atoms with Crippen LogP contribution < -0.4 is 14.8 Å². The summed E-state index contributed by atoms with van der Waals surface area (Å²) in [5.41, 5.74) is 3.34. The topological polar surface area (TPSA) is 102 Å². The summed E-state index contributed by atoms with van der Waals surface area (Å²) < 4.78 is 34.9. The molecule has 0 spiro atoms. The molecule has 0 saturated heterocycles. The maximum Gasteiger partial charge on any atom is 0.240 e. The normalized spacial score (nSPS) is 12.7. The number of aryl methyl sites for hydroxylation is 1. The summed E-state index contributed by atoms with van der Waals surface area (Å²) in [5.74, 6) is 0.0694. The Morgan fingerprint density at radius 1 is 1.30 bits per heavy atom. The molecule has 0 radical (unpaired) electrons. The third-order valence-corrected chi connectivity index (χ3v) is 5.89. The van der Waals surface area contributed by atoms with Gasteiger partial charge in [-0.05, 0) is 51.5 Å². The van der Waals surface area contributed by atoms with E-state index in [4.69, 9.17) is 4.74 Å². The quantitative estimate of drug-likeness (QED) is 0.750. The summed E-state index contributed by atoms with van der Waals surface area (Å²) in [5, 5.41) is 7.04. The molecule has 9 heteroatoms. The summed E-state index contributed by atoms with van der Waals surface area (Å²) in [6.07, 6.45) is 0. The minimum atomic E-state index is -3.76. The lowest BCUT2D eigenvalue weighted by atomic mass is 10.2. The summed E-state index contributed by atoms with van der Waals surface area (Å²) in [7, 11) is -2.31. The third kappa shape index (κ3) is 4.67. The second kappa shape index (κ2) is 8.10. The molecule has 1 heterocycles. The fourth-order valence-corrected chi connectivity index (χ4v) is 3.86. The molecular weight excluding hydrogens is 368 g/mol. The molecule has 0 bridgehead atoms. The molecule has 2 N–H and O–H groups in total. The van der Waals surface area contributed by atoms with Crippen molar-refractivity contribution in [3.63, 3.8) is 0 Å². The van der Waals surface area contributed by atoms with E-state index in [9.17, 15) is 13.2 Å². The highest BCUT2D eigenvalue weighted by Gasteiger charge is 2.20. The maximum atomic E-state index is 12.7. The smallest absolute Gasteiger partial charge is 0.240 e. The molecule has 1 atom stereocenters. The van der Waals surface area contributed by atoms with Crippen LogP contribution in [0.1, 0.15) is 36.8 Å². The minimum Gasteiger partial charge on any atom is -0.495 e. The lowest BCUT2D eigenvalue weighted by Gasteiger charge is -2.16. The molecule has 148 valence electrons. The number of carbonyl (C=O) groups excluding carboxylic acids is 1. The first kappa shape index (κ1) is 20.9. The number of rotatable bonds is 7. The second-order valence-corrected chi connectivity index (χ2v) is 8.25. The molecular formula is C18H26N4O4S. The molecule has 1 aromatic heterocycles. The zero-order chi connectivity index (χ0) is 20.4. The number of sulfonamides is 1. The van der Waals surface area contributed by atoms with Gasteiger partial charge in [0, 0.05) is 19.2 Å². The number of nitrogens with zero attached hydrogens (tertiary/aromatic N) is 2. The van der Waals surface area contributed by atoms with Gasteiger partial charge in [-0.3, -0.25) is 9.48 Å². The zero-order valence-corrected chi connectivity index (χ0v) is 17.3. The van der Waals surface area contributed by atoms with Gasteiger partial charge < -0.3 is 10.1 Å². The van der Waals surface area contributed by atoms with Crippen LogP contribution in [0, 0.1) is 20.8 Å². The van der Waals surface area contributed by atoms with Crippen molar-refractivity contribution in [2.45, 2.75) is 45.6 Å². The van der Waals surface area contributed by atoms with Crippen LogP contribution in [-0.4, -0.2) is 37.8 Å². The highest BCUT2D eigenvalue weighted by molar-refractivity contribution is 7.89. The van der Waals surface area contributed by atoms with Crippen LogP contribution in [0.15, 0.2) is 23.1 Å². The summed E-state index contributed by atoms with van der Waals surface area (Å²) in [6.45, 7) is 9.31. The fourth-order valence-electron chi connectivity index (χ4n) is 2.72. The van der Waals surface area contributed by atoms with Gasteiger partial charge in [0.25, 0.3) is 0 Å². The first-order chi connectivity index (χ1) is 12.6.